The van der Waals surface area contributed by atoms with E-state index < -0.39 is 4.92 Å². The Morgan fingerprint density at radius 1 is 1.55 bits per heavy atom. The number of nitrogens with one attached hydrogen (secondary N) is 1. The Morgan fingerprint density at radius 3 is 2.95 bits per heavy atom. The summed E-state index contributed by atoms with van der Waals surface area (Å²) in [6.45, 7) is 4.12. The number of ether oxygens (including phenoxy) is 2. The minimum absolute atomic E-state index is 0.0749. The quantitative estimate of drug-likeness (QED) is 0.639. The zero-order valence-corrected chi connectivity index (χ0v) is 11.8. The average Bonchev–Trinajstić information content (AvgIpc) is 2.85. The van der Waals surface area contributed by atoms with E-state index >= 15 is 0 Å². The predicted molar refractivity (Wildman–Crippen MR) is 74.9 cm³/mol. The third kappa shape index (κ3) is 3.46. The van der Waals surface area contributed by atoms with Crippen LogP contribution in [-0.4, -0.2) is 30.8 Å². The maximum absolute atomic E-state index is 10.8. The molecule has 0 spiro atoms. The first-order valence-corrected chi connectivity index (χ1v) is 6.70. The Bertz CT molecular complexity index is 484. The third-order valence-electron chi connectivity index (χ3n) is 3.59. The Balaban J connectivity index is 2.00. The minimum atomic E-state index is -0.398. The zero-order valence-electron chi connectivity index (χ0n) is 11.8. The van der Waals surface area contributed by atoms with E-state index in [0.717, 1.165) is 31.6 Å². The van der Waals surface area contributed by atoms with Crippen molar-refractivity contribution in [1.29, 1.82) is 0 Å². The summed E-state index contributed by atoms with van der Waals surface area (Å²) in [4.78, 5) is 10.4. The van der Waals surface area contributed by atoms with Crippen LogP contribution in [0.15, 0.2) is 18.2 Å². The van der Waals surface area contributed by atoms with Gasteiger partial charge in [0, 0.05) is 37.4 Å². The normalized spacial score (nSPS) is 21.9. The van der Waals surface area contributed by atoms with Crippen LogP contribution in [0, 0.1) is 10.1 Å². The molecule has 1 atom stereocenters. The summed E-state index contributed by atoms with van der Waals surface area (Å²) in [5.41, 5.74) is 0.725. The number of methoxy groups -OCH3 is 1. The fourth-order valence-electron chi connectivity index (χ4n) is 2.45. The van der Waals surface area contributed by atoms with Crippen molar-refractivity contribution >= 4 is 5.69 Å². The van der Waals surface area contributed by atoms with Gasteiger partial charge in [0.15, 0.2) is 0 Å². The van der Waals surface area contributed by atoms with Gasteiger partial charge in [0.25, 0.3) is 5.69 Å². The van der Waals surface area contributed by atoms with Gasteiger partial charge >= 0.3 is 0 Å². The molecule has 1 fully saturated rings. The lowest BCUT2D eigenvalue weighted by Crippen LogP contribution is -2.36. The summed E-state index contributed by atoms with van der Waals surface area (Å²) in [6, 6.07) is 4.62. The Labute approximate surface area is 118 Å². The largest absolute Gasteiger partial charge is 0.496 e. The summed E-state index contributed by atoms with van der Waals surface area (Å²) in [6.07, 6.45) is 2.12. The van der Waals surface area contributed by atoms with Gasteiger partial charge in [-0.05, 0) is 25.8 Å². The number of non-ortho nitro benzene ring substituents is 1. The van der Waals surface area contributed by atoms with Crippen LogP contribution < -0.4 is 10.1 Å². The summed E-state index contributed by atoms with van der Waals surface area (Å²) < 4.78 is 10.9. The minimum Gasteiger partial charge on any atom is -0.496 e. The molecule has 1 aromatic rings. The molecular formula is C14H20N2O4. The van der Waals surface area contributed by atoms with Crippen molar-refractivity contribution in [3.63, 3.8) is 0 Å². The second-order valence-electron chi connectivity index (χ2n) is 5.26. The molecule has 1 N–H and O–H groups in total. The van der Waals surface area contributed by atoms with Crippen LogP contribution in [0.4, 0.5) is 5.69 Å². The van der Waals surface area contributed by atoms with Crippen LogP contribution in [0.25, 0.3) is 0 Å². The second kappa shape index (κ2) is 6.19. The monoisotopic (exact) mass is 280 g/mol. The van der Waals surface area contributed by atoms with Gasteiger partial charge in [0.2, 0.25) is 0 Å². The highest BCUT2D eigenvalue weighted by atomic mass is 16.6. The van der Waals surface area contributed by atoms with E-state index in [1.165, 1.54) is 6.07 Å². The summed E-state index contributed by atoms with van der Waals surface area (Å²) in [7, 11) is 1.56. The average molecular weight is 280 g/mol. The molecule has 1 saturated heterocycles. The van der Waals surface area contributed by atoms with Crippen molar-refractivity contribution in [2.45, 2.75) is 31.9 Å². The molecule has 6 nitrogen and oxygen atoms in total. The maximum atomic E-state index is 10.8. The number of nitrogens with zero attached hydrogens (tertiary/aromatic N) is 1. The molecule has 0 aliphatic carbocycles. The summed E-state index contributed by atoms with van der Waals surface area (Å²) in [5, 5.41) is 14.1. The molecular weight excluding hydrogens is 260 g/mol. The molecule has 6 heteroatoms. The summed E-state index contributed by atoms with van der Waals surface area (Å²) >= 11 is 0. The van der Waals surface area contributed by atoms with E-state index in [2.05, 4.69) is 12.2 Å². The highest BCUT2D eigenvalue weighted by molar-refractivity contribution is 5.43. The van der Waals surface area contributed by atoms with Crippen molar-refractivity contribution in [3.05, 3.63) is 33.9 Å². The van der Waals surface area contributed by atoms with Gasteiger partial charge in [-0.3, -0.25) is 10.1 Å². The number of rotatable bonds is 6. The first kappa shape index (κ1) is 14.7. The van der Waals surface area contributed by atoms with Crippen molar-refractivity contribution in [2.75, 3.05) is 20.3 Å². The van der Waals surface area contributed by atoms with Crippen LogP contribution in [0.5, 0.6) is 5.75 Å². The van der Waals surface area contributed by atoms with E-state index in [1.54, 1.807) is 19.2 Å². The molecule has 1 unspecified atom stereocenters. The van der Waals surface area contributed by atoms with E-state index in [9.17, 15) is 10.1 Å². The molecule has 0 bridgehead atoms. The van der Waals surface area contributed by atoms with Crippen molar-refractivity contribution in [2.24, 2.45) is 0 Å². The van der Waals surface area contributed by atoms with Crippen molar-refractivity contribution < 1.29 is 14.4 Å². The van der Waals surface area contributed by atoms with Gasteiger partial charge in [-0.25, -0.2) is 0 Å². The van der Waals surface area contributed by atoms with Gasteiger partial charge < -0.3 is 14.8 Å². The molecule has 0 radical (unpaired) electrons. The zero-order chi connectivity index (χ0) is 14.6. The fraction of sp³-hybridized carbons (Fsp3) is 0.571. The highest BCUT2D eigenvalue weighted by Gasteiger charge is 2.29. The van der Waals surface area contributed by atoms with Crippen LogP contribution in [0.1, 0.15) is 25.3 Å². The van der Waals surface area contributed by atoms with Crippen LogP contribution >= 0.6 is 0 Å². The fourth-order valence-corrected chi connectivity index (χ4v) is 2.45. The summed E-state index contributed by atoms with van der Waals surface area (Å²) in [5.74, 6) is 0.653. The lowest BCUT2D eigenvalue weighted by Gasteiger charge is -2.23. The van der Waals surface area contributed by atoms with Crippen molar-refractivity contribution in [1.82, 2.24) is 5.32 Å². The number of hydrogen-bond acceptors (Lipinski definition) is 5. The topological polar surface area (TPSA) is 73.6 Å². The number of nitro groups is 1. The van der Waals surface area contributed by atoms with Gasteiger partial charge in [0.05, 0.1) is 17.6 Å². The van der Waals surface area contributed by atoms with Gasteiger partial charge in [-0.1, -0.05) is 0 Å². The third-order valence-corrected chi connectivity index (χ3v) is 3.59. The van der Waals surface area contributed by atoms with Gasteiger partial charge in [-0.15, -0.1) is 0 Å². The van der Waals surface area contributed by atoms with E-state index in [0.29, 0.717) is 12.3 Å². The highest BCUT2D eigenvalue weighted by Crippen LogP contribution is 2.26. The predicted octanol–water partition coefficient (Wildman–Crippen LogP) is 2.26. The molecule has 20 heavy (non-hydrogen) atoms. The van der Waals surface area contributed by atoms with Crippen LogP contribution in [0.3, 0.4) is 0 Å². The molecule has 0 aromatic heterocycles. The first-order chi connectivity index (χ1) is 9.54. The van der Waals surface area contributed by atoms with Crippen molar-refractivity contribution in [3.8, 4) is 5.75 Å². The maximum Gasteiger partial charge on any atom is 0.270 e. The molecule has 1 aromatic carbocycles. The SMILES string of the molecule is COc1ccc([N+](=O)[O-])cc1CNCC1(C)CCCO1. The number of nitro benzene ring substituents is 1. The molecule has 0 amide bonds. The molecule has 1 heterocycles. The van der Waals surface area contributed by atoms with Crippen LogP contribution in [-0.2, 0) is 11.3 Å². The molecule has 1 aliphatic heterocycles. The number of benzene rings is 1. The van der Waals surface area contributed by atoms with E-state index in [1.807, 2.05) is 0 Å². The first-order valence-electron chi connectivity index (χ1n) is 6.70. The Hall–Kier alpha value is -1.66. The Morgan fingerprint density at radius 2 is 2.35 bits per heavy atom. The van der Waals surface area contributed by atoms with E-state index in [-0.39, 0.29) is 11.3 Å². The molecule has 110 valence electrons. The number of hydrogen-bond donors (Lipinski definition) is 1. The standard InChI is InChI=1S/C14H20N2O4/c1-14(6-3-7-20-14)10-15-9-11-8-12(16(17)18)4-5-13(11)19-2/h4-5,8,15H,3,6-7,9-10H2,1-2H3. The Kier molecular flexibility index (Phi) is 4.57. The molecule has 2 rings (SSSR count). The molecule has 1 aliphatic rings. The van der Waals surface area contributed by atoms with Crippen LogP contribution in [0.2, 0.25) is 0 Å². The van der Waals surface area contributed by atoms with Gasteiger partial charge in [-0.2, -0.15) is 0 Å². The van der Waals surface area contributed by atoms with E-state index in [4.69, 9.17) is 9.47 Å². The second-order valence-corrected chi connectivity index (χ2v) is 5.26. The molecule has 0 saturated carbocycles. The lowest BCUT2D eigenvalue weighted by molar-refractivity contribution is -0.384. The van der Waals surface area contributed by atoms with Gasteiger partial charge in [0.1, 0.15) is 5.75 Å². The smallest absolute Gasteiger partial charge is 0.270 e. The lowest BCUT2D eigenvalue weighted by atomic mass is 10.0.